The molecule has 5 heteroatoms. The number of aryl methyl sites for hydroxylation is 1. The zero-order chi connectivity index (χ0) is 15.5. The minimum atomic E-state index is 0.0857. The summed E-state index contributed by atoms with van der Waals surface area (Å²) in [6.07, 6.45) is 3.41. The molecular formula is C16H21BrN2O2. The first-order chi connectivity index (χ1) is 9.83. The van der Waals surface area contributed by atoms with Gasteiger partial charge in [-0.2, -0.15) is 0 Å². The van der Waals surface area contributed by atoms with Gasteiger partial charge in [0.05, 0.1) is 6.20 Å². The minimum Gasteiger partial charge on any atom is -0.484 e. The molecule has 2 rings (SSSR count). The van der Waals surface area contributed by atoms with E-state index >= 15 is 0 Å². The van der Waals surface area contributed by atoms with Crippen LogP contribution < -0.4 is 10.1 Å². The number of hydrogen-bond acceptors (Lipinski definition) is 4. The van der Waals surface area contributed by atoms with Gasteiger partial charge in [0.15, 0.2) is 0 Å². The van der Waals surface area contributed by atoms with Crippen LogP contribution in [0, 0.1) is 6.92 Å². The Morgan fingerprint density at radius 3 is 2.71 bits per heavy atom. The first kappa shape index (κ1) is 16.0. The molecule has 0 unspecified atom stereocenters. The van der Waals surface area contributed by atoms with E-state index in [4.69, 9.17) is 9.15 Å². The van der Waals surface area contributed by atoms with Crippen molar-refractivity contribution in [3.05, 3.63) is 46.1 Å². The van der Waals surface area contributed by atoms with Gasteiger partial charge in [0, 0.05) is 28.3 Å². The lowest BCUT2D eigenvalue weighted by Crippen LogP contribution is -2.35. The summed E-state index contributed by atoms with van der Waals surface area (Å²) in [5.74, 6) is 2.46. The van der Waals surface area contributed by atoms with Crippen LogP contribution in [0.3, 0.4) is 0 Å². The average molecular weight is 353 g/mol. The fourth-order valence-corrected chi connectivity index (χ4v) is 2.16. The Kier molecular flexibility index (Phi) is 5.06. The fraction of sp³-hybridized carbons (Fsp3) is 0.438. The highest BCUT2D eigenvalue weighted by molar-refractivity contribution is 9.10. The lowest BCUT2D eigenvalue weighted by Gasteiger charge is -2.20. The van der Waals surface area contributed by atoms with Gasteiger partial charge in [0.25, 0.3) is 0 Å². The normalized spacial score (nSPS) is 11.7. The second kappa shape index (κ2) is 6.62. The van der Waals surface area contributed by atoms with E-state index in [1.165, 1.54) is 0 Å². The summed E-state index contributed by atoms with van der Waals surface area (Å²) >= 11 is 3.37. The Morgan fingerprint density at radius 2 is 2.05 bits per heavy atom. The van der Waals surface area contributed by atoms with Crippen molar-refractivity contribution >= 4 is 15.9 Å². The summed E-state index contributed by atoms with van der Waals surface area (Å²) < 4.78 is 12.3. The van der Waals surface area contributed by atoms with Gasteiger partial charge in [-0.25, -0.2) is 0 Å². The number of aromatic nitrogens is 1. The molecule has 4 nitrogen and oxygen atoms in total. The van der Waals surface area contributed by atoms with E-state index in [0.717, 1.165) is 28.1 Å². The third-order valence-corrected chi connectivity index (χ3v) is 3.38. The van der Waals surface area contributed by atoms with Gasteiger partial charge in [-0.15, -0.1) is 0 Å². The van der Waals surface area contributed by atoms with Gasteiger partial charge < -0.3 is 14.5 Å². The van der Waals surface area contributed by atoms with E-state index in [9.17, 15) is 0 Å². The van der Waals surface area contributed by atoms with Crippen molar-refractivity contribution in [1.29, 1.82) is 0 Å². The lowest BCUT2D eigenvalue weighted by molar-refractivity contribution is 0.266. The number of nitrogens with zero attached hydrogens (tertiary/aromatic N) is 1. The molecule has 0 saturated heterocycles. The molecule has 0 saturated carbocycles. The van der Waals surface area contributed by atoms with E-state index in [2.05, 4.69) is 47.0 Å². The van der Waals surface area contributed by atoms with Crippen molar-refractivity contribution in [3.63, 3.8) is 0 Å². The highest BCUT2D eigenvalue weighted by Gasteiger charge is 2.12. The first-order valence-electron chi connectivity index (χ1n) is 6.90. The van der Waals surface area contributed by atoms with Crippen LogP contribution in [0.5, 0.6) is 5.75 Å². The zero-order valence-electron chi connectivity index (χ0n) is 12.9. The zero-order valence-corrected chi connectivity index (χ0v) is 14.5. The molecule has 1 N–H and O–H groups in total. The summed E-state index contributed by atoms with van der Waals surface area (Å²) in [5.41, 5.74) is 1.25. The van der Waals surface area contributed by atoms with Crippen molar-refractivity contribution in [2.45, 2.75) is 46.4 Å². The smallest absolute Gasteiger partial charge is 0.146 e. The Labute approximate surface area is 134 Å². The molecule has 0 spiro atoms. The number of halogens is 1. The molecule has 0 aliphatic rings. The van der Waals surface area contributed by atoms with Gasteiger partial charge in [-0.3, -0.25) is 4.98 Å². The SMILES string of the molecule is Cc1oc(COc2cncc(Br)c2)cc1CNC(C)(C)C. The summed E-state index contributed by atoms with van der Waals surface area (Å²) in [7, 11) is 0. The minimum absolute atomic E-state index is 0.0857. The number of rotatable bonds is 5. The molecule has 0 aliphatic heterocycles. The van der Waals surface area contributed by atoms with Crippen molar-refractivity contribution in [2.75, 3.05) is 0 Å². The van der Waals surface area contributed by atoms with E-state index < -0.39 is 0 Å². The standard InChI is InChI=1S/C16H21BrN2O2/c1-11-12(7-19-16(2,3)4)5-15(21-11)10-20-14-6-13(17)8-18-9-14/h5-6,8-9,19H,7,10H2,1-4H3. The topological polar surface area (TPSA) is 47.3 Å². The predicted octanol–water partition coefficient (Wildman–Crippen LogP) is 4.21. The maximum Gasteiger partial charge on any atom is 0.146 e. The predicted molar refractivity (Wildman–Crippen MR) is 86.3 cm³/mol. The molecule has 21 heavy (non-hydrogen) atoms. The Hall–Kier alpha value is -1.33. The molecule has 114 valence electrons. The summed E-state index contributed by atoms with van der Waals surface area (Å²) in [6.45, 7) is 9.60. The summed E-state index contributed by atoms with van der Waals surface area (Å²) in [4.78, 5) is 4.06. The van der Waals surface area contributed by atoms with E-state index in [1.807, 2.05) is 19.1 Å². The Morgan fingerprint density at radius 1 is 1.29 bits per heavy atom. The second-order valence-electron chi connectivity index (χ2n) is 6.03. The van der Waals surface area contributed by atoms with Crippen LogP contribution in [-0.4, -0.2) is 10.5 Å². The maximum absolute atomic E-state index is 5.73. The quantitative estimate of drug-likeness (QED) is 0.875. The third-order valence-electron chi connectivity index (χ3n) is 2.94. The first-order valence-corrected chi connectivity index (χ1v) is 7.69. The second-order valence-corrected chi connectivity index (χ2v) is 6.94. The number of ether oxygens (including phenoxy) is 1. The lowest BCUT2D eigenvalue weighted by atomic mass is 10.1. The van der Waals surface area contributed by atoms with E-state index in [0.29, 0.717) is 12.4 Å². The van der Waals surface area contributed by atoms with E-state index in [1.54, 1.807) is 12.4 Å². The highest BCUT2D eigenvalue weighted by atomic mass is 79.9. The molecule has 2 aromatic heterocycles. The molecule has 0 atom stereocenters. The van der Waals surface area contributed by atoms with Crippen LogP contribution >= 0.6 is 15.9 Å². The third kappa shape index (κ3) is 5.17. The monoisotopic (exact) mass is 352 g/mol. The van der Waals surface area contributed by atoms with Gasteiger partial charge in [0.2, 0.25) is 0 Å². The van der Waals surface area contributed by atoms with Crippen LogP contribution in [0.1, 0.15) is 37.9 Å². The molecule has 0 radical (unpaired) electrons. The molecule has 2 aromatic rings. The molecule has 0 aliphatic carbocycles. The summed E-state index contributed by atoms with van der Waals surface area (Å²) in [5, 5.41) is 3.46. The molecule has 2 heterocycles. The van der Waals surface area contributed by atoms with E-state index in [-0.39, 0.29) is 5.54 Å². The van der Waals surface area contributed by atoms with Gasteiger partial charge in [-0.1, -0.05) is 0 Å². The maximum atomic E-state index is 5.73. The Bertz CT molecular complexity index is 603. The number of nitrogens with one attached hydrogen (secondary N) is 1. The molecule has 0 amide bonds. The largest absolute Gasteiger partial charge is 0.484 e. The van der Waals surface area contributed by atoms with Gasteiger partial charge in [-0.05, 0) is 55.8 Å². The summed E-state index contributed by atoms with van der Waals surface area (Å²) in [6, 6.07) is 3.92. The van der Waals surface area contributed by atoms with Crippen LogP contribution in [0.25, 0.3) is 0 Å². The van der Waals surface area contributed by atoms with Crippen LogP contribution in [-0.2, 0) is 13.2 Å². The van der Waals surface area contributed by atoms with Crippen molar-refractivity contribution in [2.24, 2.45) is 0 Å². The van der Waals surface area contributed by atoms with Gasteiger partial charge in [0.1, 0.15) is 23.9 Å². The van der Waals surface area contributed by atoms with Gasteiger partial charge >= 0.3 is 0 Å². The fourth-order valence-electron chi connectivity index (χ4n) is 1.82. The van der Waals surface area contributed by atoms with Crippen molar-refractivity contribution in [3.8, 4) is 5.75 Å². The van der Waals surface area contributed by atoms with Crippen LogP contribution in [0.15, 0.2) is 33.4 Å². The molecule has 0 aromatic carbocycles. The molecule has 0 bridgehead atoms. The highest BCUT2D eigenvalue weighted by Crippen LogP contribution is 2.20. The molecule has 0 fully saturated rings. The van der Waals surface area contributed by atoms with Crippen molar-refractivity contribution in [1.82, 2.24) is 10.3 Å². The van der Waals surface area contributed by atoms with Crippen LogP contribution in [0.2, 0.25) is 0 Å². The van der Waals surface area contributed by atoms with Crippen molar-refractivity contribution < 1.29 is 9.15 Å². The average Bonchev–Trinajstić information content (AvgIpc) is 2.74. The number of pyridine rings is 1. The Balaban J connectivity index is 1.95. The molecular weight excluding hydrogens is 332 g/mol. The number of furan rings is 1. The number of hydrogen-bond donors (Lipinski definition) is 1. The van der Waals surface area contributed by atoms with Crippen LogP contribution in [0.4, 0.5) is 0 Å².